The van der Waals surface area contributed by atoms with Gasteiger partial charge in [0, 0.05) is 5.69 Å². The molecule has 4 aromatic rings. The van der Waals surface area contributed by atoms with Gasteiger partial charge in [-0.3, -0.25) is 14.5 Å². The highest BCUT2D eigenvalue weighted by molar-refractivity contribution is 7.98. The zero-order valence-corrected chi connectivity index (χ0v) is 24.5. The van der Waals surface area contributed by atoms with E-state index in [0.29, 0.717) is 22.0 Å². The van der Waals surface area contributed by atoms with Gasteiger partial charge in [-0.05, 0) is 63.5 Å². The van der Waals surface area contributed by atoms with Crippen LogP contribution in [0.2, 0.25) is 0 Å². The summed E-state index contributed by atoms with van der Waals surface area (Å²) in [4.78, 5) is 28.2. The topological polar surface area (TPSA) is 124 Å². The third kappa shape index (κ3) is 4.97. The predicted octanol–water partition coefficient (Wildman–Crippen LogP) is 3.59. The quantitative estimate of drug-likeness (QED) is 0.318. The Labute approximate surface area is 239 Å². The second-order valence-electron chi connectivity index (χ2n) is 9.22. The molecular formula is C27H27N9O2S2. The van der Waals surface area contributed by atoms with Crippen LogP contribution in [0.1, 0.15) is 34.0 Å². The maximum Gasteiger partial charge on any atom is 0.296 e. The zero-order chi connectivity index (χ0) is 28.6. The summed E-state index contributed by atoms with van der Waals surface area (Å²) in [5.41, 5.74) is 3.53. The van der Waals surface area contributed by atoms with Crippen LogP contribution in [-0.4, -0.2) is 53.9 Å². The molecule has 2 aromatic carbocycles. The van der Waals surface area contributed by atoms with Crippen molar-refractivity contribution in [3.8, 4) is 0 Å². The first-order valence-corrected chi connectivity index (χ1v) is 14.8. The van der Waals surface area contributed by atoms with E-state index in [2.05, 4.69) is 20.4 Å². The molecule has 0 bridgehead atoms. The summed E-state index contributed by atoms with van der Waals surface area (Å²) in [6.07, 6.45) is 3.63. The number of anilines is 1. The minimum atomic E-state index is -0.467. The van der Waals surface area contributed by atoms with Gasteiger partial charge in [0.1, 0.15) is 17.3 Å². The second-order valence-corrected chi connectivity index (χ2v) is 10.8. The fraction of sp³-hybridized carbons (Fsp3) is 0.259. The van der Waals surface area contributed by atoms with Gasteiger partial charge in [0.15, 0.2) is 11.7 Å². The summed E-state index contributed by atoms with van der Waals surface area (Å²) in [7, 11) is 0. The molecule has 1 aliphatic heterocycles. The molecule has 40 heavy (non-hydrogen) atoms. The zero-order valence-electron chi connectivity index (χ0n) is 22.9. The average Bonchev–Trinajstić information content (AvgIpc) is 2.93. The number of amidine groups is 2. The Morgan fingerprint density at radius 2 is 1.20 bits per heavy atom. The smallest absolute Gasteiger partial charge is 0.281 e. The van der Waals surface area contributed by atoms with E-state index in [4.69, 9.17) is 10.2 Å². The fourth-order valence-corrected chi connectivity index (χ4v) is 5.17. The third-order valence-electron chi connectivity index (χ3n) is 6.32. The van der Waals surface area contributed by atoms with Gasteiger partial charge in [-0.1, -0.05) is 65.5 Å². The Bertz CT molecular complexity index is 1650. The third-order valence-corrected chi connectivity index (χ3v) is 7.56. The highest BCUT2D eigenvalue weighted by Crippen LogP contribution is 2.38. The van der Waals surface area contributed by atoms with Crippen LogP contribution >= 0.6 is 23.5 Å². The molecule has 1 fully saturated rings. The SMILES string of the molecule is CSc1nnc(C)c(=O)n1/N=C1/C(c2cccc(C)c2)/C(=N/n2c(SC)nnc(C)c2=O)N1c1cccc(C)c1. The molecule has 5 rings (SSSR count). The van der Waals surface area contributed by atoms with Crippen LogP contribution < -0.4 is 16.0 Å². The lowest BCUT2D eigenvalue weighted by Crippen LogP contribution is -2.58. The monoisotopic (exact) mass is 573 g/mol. The molecule has 0 N–H and O–H groups in total. The summed E-state index contributed by atoms with van der Waals surface area (Å²) in [6.45, 7) is 7.21. The van der Waals surface area contributed by atoms with Gasteiger partial charge in [-0.2, -0.15) is 9.35 Å². The molecule has 0 aliphatic carbocycles. The van der Waals surface area contributed by atoms with Crippen molar-refractivity contribution in [3.05, 3.63) is 97.3 Å². The maximum absolute atomic E-state index is 13.2. The fourth-order valence-electron chi connectivity index (χ4n) is 4.33. The molecule has 1 saturated heterocycles. The minimum Gasteiger partial charge on any atom is -0.281 e. The summed E-state index contributed by atoms with van der Waals surface area (Å²) in [6, 6.07) is 15.9. The van der Waals surface area contributed by atoms with Crippen LogP contribution in [0.5, 0.6) is 0 Å². The van der Waals surface area contributed by atoms with Crippen LogP contribution in [0.25, 0.3) is 0 Å². The molecule has 0 atom stereocenters. The highest BCUT2D eigenvalue weighted by Gasteiger charge is 2.45. The molecular weight excluding hydrogens is 546 g/mol. The molecule has 0 saturated carbocycles. The Morgan fingerprint density at radius 1 is 0.700 bits per heavy atom. The highest BCUT2D eigenvalue weighted by atomic mass is 32.2. The van der Waals surface area contributed by atoms with Crippen molar-refractivity contribution >= 4 is 40.9 Å². The number of hydrogen-bond donors (Lipinski definition) is 0. The molecule has 2 aromatic heterocycles. The molecule has 0 radical (unpaired) electrons. The van der Waals surface area contributed by atoms with Gasteiger partial charge in [0.05, 0.1) is 0 Å². The predicted molar refractivity (Wildman–Crippen MR) is 159 cm³/mol. The summed E-state index contributed by atoms with van der Waals surface area (Å²) < 4.78 is 2.56. The second kappa shape index (κ2) is 11.2. The van der Waals surface area contributed by atoms with Crippen molar-refractivity contribution in [1.29, 1.82) is 0 Å². The van der Waals surface area contributed by atoms with Crippen molar-refractivity contribution in [1.82, 2.24) is 29.7 Å². The van der Waals surface area contributed by atoms with Gasteiger partial charge in [-0.15, -0.1) is 30.6 Å². The Kier molecular flexibility index (Phi) is 7.68. The van der Waals surface area contributed by atoms with Gasteiger partial charge in [0.2, 0.25) is 10.3 Å². The normalized spacial score (nSPS) is 15.6. The number of hydrogen-bond acceptors (Lipinski definition) is 10. The van der Waals surface area contributed by atoms with Gasteiger partial charge in [-0.25, -0.2) is 0 Å². The van der Waals surface area contributed by atoms with E-state index in [1.807, 2.05) is 79.8 Å². The molecule has 0 amide bonds. The van der Waals surface area contributed by atoms with Gasteiger partial charge < -0.3 is 0 Å². The number of nitrogens with zero attached hydrogens (tertiary/aromatic N) is 9. The van der Waals surface area contributed by atoms with Gasteiger partial charge >= 0.3 is 0 Å². The van der Waals surface area contributed by atoms with Crippen LogP contribution in [0.4, 0.5) is 5.69 Å². The van der Waals surface area contributed by atoms with Crippen molar-refractivity contribution in [2.75, 3.05) is 17.4 Å². The largest absolute Gasteiger partial charge is 0.296 e. The molecule has 204 valence electrons. The van der Waals surface area contributed by atoms with Crippen molar-refractivity contribution in [2.24, 2.45) is 10.2 Å². The molecule has 0 spiro atoms. The van der Waals surface area contributed by atoms with Crippen LogP contribution in [0.3, 0.4) is 0 Å². The van der Waals surface area contributed by atoms with E-state index >= 15 is 0 Å². The Hall–Kier alpha value is -4.10. The van der Waals surface area contributed by atoms with E-state index in [1.165, 1.54) is 32.9 Å². The molecule has 13 heteroatoms. The van der Waals surface area contributed by atoms with E-state index in [1.54, 1.807) is 13.8 Å². The van der Waals surface area contributed by atoms with Crippen LogP contribution in [-0.2, 0) is 0 Å². The lowest BCUT2D eigenvalue weighted by Gasteiger charge is -2.43. The van der Waals surface area contributed by atoms with Crippen molar-refractivity contribution < 1.29 is 0 Å². The first kappa shape index (κ1) is 27.5. The summed E-state index contributed by atoms with van der Waals surface area (Å²) >= 11 is 2.55. The number of aryl methyl sites for hydroxylation is 4. The molecule has 11 nitrogen and oxygen atoms in total. The Balaban J connectivity index is 1.83. The van der Waals surface area contributed by atoms with Crippen molar-refractivity contribution in [3.63, 3.8) is 0 Å². The van der Waals surface area contributed by atoms with Crippen molar-refractivity contribution in [2.45, 2.75) is 43.9 Å². The number of aromatic nitrogens is 6. The minimum absolute atomic E-state index is 0.235. The number of rotatable bonds is 6. The molecule has 3 heterocycles. The van der Waals surface area contributed by atoms with E-state index in [9.17, 15) is 9.59 Å². The summed E-state index contributed by atoms with van der Waals surface area (Å²) in [5, 5.41) is 26.8. The lowest BCUT2D eigenvalue weighted by atomic mass is 9.86. The first-order valence-electron chi connectivity index (χ1n) is 12.3. The van der Waals surface area contributed by atoms with Crippen LogP contribution in [0, 0.1) is 27.7 Å². The van der Waals surface area contributed by atoms with Gasteiger partial charge in [0.25, 0.3) is 11.1 Å². The first-order chi connectivity index (χ1) is 19.2. The number of benzene rings is 2. The standard InChI is InChI=1S/C27H27N9O2S2/c1-15-9-7-11-19(13-15)21-22(32-35-24(37)17(3)28-30-26(35)39-5)34(20-12-8-10-16(2)14-20)23(21)33-36-25(38)18(4)29-31-27(36)40-6/h7-14,21H,1-6H3/b32-22-,33-23-. The van der Waals surface area contributed by atoms with E-state index in [0.717, 1.165) is 22.4 Å². The van der Waals surface area contributed by atoms with Crippen LogP contribution in [0.15, 0.2) is 78.6 Å². The Morgan fingerprint density at radius 3 is 1.68 bits per heavy atom. The average molecular weight is 574 g/mol. The maximum atomic E-state index is 13.2. The number of thioether (sulfide) groups is 2. The van der Waals surface area contributed by atoms with E-state index in [-0.39, 0.29) is 22.5 Å². The lowest BCUT2D eigenvalue weighted by molar-refractivity contribution is 0.619. The molecule has 0 unspecified atom stereocenters. The summed E-state index contributed by atoms with van der Waals surface area (Å²) in [5.74, 6) is 0.639. The van der Waals surface area contributed by atoms with E-state index < -0.39 is 5.92 Å². The molecule has 1 aliphatic rings.